The number of rotatable bonds is 3. The van der Waals surface area contributed by atoms with Crippen molar-refractivity contribution in [2.45, 2.75) is 25.6 Å². The smallest absolute Gasteiger partial charge is 0.256 e. The van der Waals surface area contributed by atoms with Crippen molar-refractivity contribution in [3.8, 4) is 0 Å². The molecule has 1 aromatic carbocycles. The molecule has 86 valence electrons. The molecular weight excluding hydrogens is 206 g/mol. The highest BCUT2D eigenvalue weighted by atomic mass is 16.3. The lowest BCUT2D eigenvalue weighted by atomic mass is 10.1. The minimum Gasteiger partial charge on any atom is -0.394 e. The predicted molar refractivity (Wildman–Crippen MR) is 58.7 cm³/mol. The number of fused-ring (bicyclic) bond motifs is 1. The van der Waals surface area contributed by atoms with E-state index in [1.54, 1.807) is 24.3 Å². The number of carbonyl (C=O) groups is 1. The summed E-state index contributed by atoms with van der Waals surface area (Å²) in [6.45, 7) is 1.75. The quantitative estimate of drug-likeness (QED) is 0.797. The molecule has 0 fully saturated rings. The van der Waals surface area contributed by atoms with E-state index in [0.717, 1.165) is 0 Å². The van der Waals surface area contributed by atoms with Crippen molar-refractivity contribution >= 4 is 5.91 Å². The Kier molecular flexibility index (Phi) is 2.94. The van der Waals surface area contributed by atoms with Crippen LogP contribution in [-0.4, -0.2) is 33.7 Å². The van der Waals surface area contributed by atoms with Crippen LogP contribution in [0.15, 0.2) is 24.3 Å². The molecule has 16 heavy (non-hydrogen) atoms. The van der Waals surface area contributed by atoms with Gasteiger partial charge in [-0.1, -0.05) is 25.1 Å². The third-order valence-electron chi connectivity index (χ3n) is 3.04. The number of hydrogen-bond acceptors (Lipinski definition) is 3. The van der Waals surface area contributed by atoms with Gasteiger partial charge in [-0.25, -0.2) is 0 Å². The first-order valence-corrected chi connectivity index (χ1v) is 5.41. The van der Waals surface area contributed by atoms with E-state index in [4.69, 9.17) is 0 Å². The van der Waals surface area contributed by atoms with Crippen LogP contribution in [0.3, 0.4) is 0 Å². The van der Waals surface area contributed by atoms with Crippen LogP contribution in [-0.2, 0) is 0 Å². The van der Waals surface area contributed by atoms with Gasteiger partial charge in [0.1, 0.15) is 0 Å². The molecule has 0 radical (unpaired) electrons. The maximum absolute atomic E-state index is 12.0. The molecule has 2 atom stereocenters. The van der Waals surface area contributed by atoms with Gasteiger partial charge in [0.25, 0.3) is 5.91 Å². The second kappa shape index (κ2) is 4.23. The molecule has 2 N–H and O–H groups in total. The summed E-state index contributed by atoms with van der Waals surface area (Å²) in [5, 5.41) is 19.2. The molecule has 0 bridgehead atoms. The maximum atomic E-state index is 12.0. The molecule has 0 aliphatic carbocycles. The van der Waals surface area contributed by atoms with Crippen molar-refractivity contribution in [1.29, 1.82) is 0 Å². The van der Waals surface area contributed by atoms with Gasteiger partial charge in [-0.3, -0.25) is 4.79 Å². The van der Waals surface area contributed by atoms with Gasteiger partial charge in [-0.2, -0.15) is 0 Å². The number of hydrogen-bond donors (Lipinski definition) is 2. The van der Waals surface area contributed by atoms with Crippen molar-refractivity contribution in [2.75, 3.05) is 6.61 Å². The monoisotopic (exact) mass is 221 g/mol. The molecule has 4 nitrogen and oxygen atoms in total. The summed E-state index contributed by atoms with van der Waals surface area (Å²) >= 11 is 0. The SMILES string of the molecule is CC[C@H](CO)N1C(=O)c2ccccc2[C@@H]1O. The van der Waals surface area contributed by atoms with Crippen LogP contribution in [0.2, 0.25) is 0 Å². The van der Waals surface area contributed by atoms with Crippen LogP contribution >= 0.6 is 0 Å². The zero-order valence-corrected chi connectivity index (χ0v) is 9.13. The van der Waals surface area contributed by atoms with Gasteiger partial charge in [0.05, 0.1) is 12.6 Å². The summed E-state index contributed by atoms with van der Waals surface area (Å²) in [7, 11) is 0. The lowest BCUT2D eigenvalue weighted by Crippen LogP contribution is -2.40. The second-order valence-electron chi connectivity index (χ2n) is 3.92. The zero-order valence-electron chi connectivity index (χ0n) is 9.13. The van der Waals surface area contributed by atoms with E-state index in [1.807, 2.05) is 6.92 Å². The highest BCUT2D eigenvalue weighted by Gasteiger charge is 2.38. The minimum atomic E-state index is -0.930. The number of nitrogens with zero attached hydrogens (tertiary/aromatic N) is 1. The maximum Gasteiger partial charge on any atom is 0.256 e. The third kappa shape index (κ3) is 1.50. The molecule has 0 unspecified atom stereocenters. The first-order chi connectivity index (χ1) is 7.70. The van der Waals surface area contributed by atoms with E-state index in [-0.39, 0.29) is 18.6 Å². The average Bonchev–Trinajstić information content (AvgIpc) is 2.57. The second-order valence-corrected chi connectivity index (χ2v) is 3.92. The average molecular weight is 221 g/mol. The van der Waals surface area contributed by atoms with E-state index in [2.05, 4.69) is 0 Å². The highest BCUT2D eigenvalue weighted by Crippen LogP contribution is 2.33. The number of carbonyl (C=O) groups excluding carboxylic acids is 1. The van der Waals surface area contributed by atoms with Crippen LogP contribution in [0.25, 0.3) is 0 Å². The van der Waals surface area contributed by atoms with Gasteiger partial charge < -0.3 is 15.1 Å². The van der Waals surface area contributed by atoms with Gasteiger partial charge >= 0.3 is 0 Å². The van der Waals surface area contributed by atoms with Crippen LogP contribution in [0.4, 0.5) is 0 Å². The largest absolute Gasteiger partial charge is 0.394 e. The predicted octanol–water partition coefficient (Wildman–Crippen LogP) is 0.904. The van der Waals surface area contributed by atoms with E-state index in [0.29, 0.717) is 17.5 Å². The lowest BCUT2D eigenvalue weighted by Gasteiger charge is -2.28. The molecular formula is C12H15NO3. The van der Waals surface area contributed by atoms with Crippen molar-refractivity contribution in [3.05, 3.63) is 35.4 Å². The molecule has 1 aliphatic rings. The van der Waals surface area contributed by atoms with Gasteiger partial charge in [-0.05, 0) is 12.5 Å². The third-order valence-corrected chi connectivity index (χ3v) is 3.04. The van der Waals surface area contributed by atoms with Crippen molar-refractivity contribution in [3.63, 3.8) is 0 Å². The van der Waals surface area contributed by atoms with Crippen molar-refractivity contribution < 1.29 is 15.0 Å². The summed E-state index contributed by atoms with van der Waals surface area (Å²) in [5.74, 6) is -0.205. The summed E-state index contributed by atoms with van der Waals surface area (Å²) in [6, 6.07) is 6.67. The number of benzene rings is 1. The molecule has 2 rings (SSSR count). The molecule has 0 saturated carbocycles. The molecule has 0 aromatic heterocycles. The fourth-order valence-electron chi connectivity index (χ4n) is 2.10. The van der Waals surface area contributed by atoms with E-state index < -0.39 is 6.23 Å². The van der Waals surface area contributed by atoms with Crippen LogP contribution < -0.4 is 0 Å². The summed E-state index contributed by atoms with van der Waals surface area (Å²) in [5.41, 5.74) is 1.15. The van der Waals surface area contributed by atoms with E-state index in [9.17, 15) is 15.0 Å². The standard InChI is InChI=1S/C12H15NO3/c1-2-8(7-14)13-11(15)9-5-3-4-6-10(9)12(13)16/h3-6,8,11,14-15H,2,7H2,1H3/t8-,11+/m1/s1. The van der Waals surface area contributed by atoms with Crippen molar-refractivity contribution in [2.24, 2.45) is 0 Å². The Morgan fingerprint density at radius 3 is 2.69 bits per heavy atom. The van der Waals surface area contributed by atoms with E-state index >= 15 is 0 Å². The van der Waals surface area contributed by atoms with Crippen LogP contribution in [0.5, 0.6) is 0 Å². The summed E-state index contributed by atoms with van der Waals surface area (Å²) < 4.78 is 0. The summed E-state index contributed by atoms with van der Waals surface area (Å²) in [4.78, 5) is 13.4. The Bertz CT molecular complexity index is 401. The topological polar surface area (TPSA) is 60.8 Å². The molecule has 4 heteroatoms. The van der Waals surface area contributed by atoms with Gasteiger partial charge in [0.2, 0.25) is 0 Å². The van der Waals surface area contributed by atoms with Crippen LogP contribution in [0, 0.1) is 0 Å². The van der Waals surface area contributed by atoms with Gasteiger partial charge in [0, 0.05) is 11.1 Å². The molecule has 1 aliphatic heterocycles. The summed E-state index contributed by atoms with van der Waals surface area (Å²) in [6.07, 6.45) is -0.311. The Labute approximate surface area is 94.1 Å². The molecule has 1 heterocycles. The molecule has 0 saturated heterocycles. The minimum absolute atomic E-state index is 0.132. The first kappa shape index (κ1) is 11.1. The highest BCUT2D eigenvalue weighted by molar-refractivity contribution is 5.99. The van der Waals surface area contributed by atoms with Crippen LogP contribution in [0.1, 0.15) is 35.5 Å². The Morgan fingerprint density at radius 1 is 1.44 bits per heavy atom. The molecule has 0 spiro atoms. The van der Waals surface area contributed by atoms with E-state index in [1.165, 1.54) is 4.90 Å². The molecule has 1 amide bonds. The first-order valence-electron chi connectivity index (χ1n) is 5.41. The molecule has 1 aromatic rings. The number of aliphatic hydroxyl groups excluding tert-OH is 2. The number of aliphatic hydroxyl groups is 2. The normalized spacial score (nSPS) is 21.1. The lowest BCUT2D eigenvalue weighted by molar-refractivity contribution is -0.0162. The van der Waals surface area contributed by atoms with Crippen molar-refractivity contribution in [1.82, 2.24) is 4.90 Å². The Morgan fingerprint density at radius 2 is 2.12 bits per heavy atom. The van der Waals surface area contributed by atoms with Gasteiger partial charge in [0.15, 0.2) is 6.23 Å². The Hall–Kier alpha value is -1.39. The van der Waals surface area contributed by atoms with Gasteiger partial charge in [-0.15, -0.1) is 0 Å². The zero-order chi connectivity index (χ0) is 11.7. The Balaban J connectivity index is 2.38. The number of amides is 1. The fraction of sp³-hybridized carbons (Fsp3) is 0.417. The fourth-order valence-corrected chi connectivity index (χ4v) is 2.10.